The molecule has 1 heterocycles. The smallest absolute Gasteiger partial charge is 0.409 e. The minimum absolute atomic E-state index is 0.0960. The third-order valence-electron chi connectivity index (χ3n) is 2.23. The van der Waals surface area contributed by atoms with E-state index in [1.807, 2.05) is 20.8 Å². The number of ether oxygens (including phenoxy) is 3. The Morgan fingerprint density at radius 1 is 1.44 bits per heavy atom. The molecule has 1 saturated heterocycles. The fraction of sp³-hybridized carbons (Fsp3) is 0.909. The predicted octanol–water partition coefficient (Wildman–Crippen LogP) is 1.66. The molecule has 1 fully saturated rings. The fourth-order valence-corrected chi connectivity index (χ4v) is 1.55. The van der Waals surface area contributed by atoms with E-state index in [1.165, 1.54) is 0 Å². The van der Waals surface area contributed by atoms with Crippen LogP contribution in [0.15, 0.2) is 0 Å². The van der Waals surface area contributed by atoms with Crippen LogP contribution in [0.25, 0.3) is 0 Å². The fourth-order valence-electron chi connectivity index (χ4n) is 1.55. The third-order valence-corrected chi connectivity index (χ3v) is 2.23. The van der Waals surface area contributed by atoms with Gasteiger partial charge in [0, 0.05) is 13.7 Å². The Morgan fingerprint density at radius 2 is 2.12 bits per heavy atom. The molecule has 16 heavy (non-hydrogen) atoms. The van der Waals surface area contributed by atoms with Crippen LogP contribution in [0, 0.1) is 0 Å². The Morgan fingerprint density at radius 3 is 2.69 bits per heavy atom. The van der Waals surface area contributed by atoms with Gasteiger partial charge in [-0.2, -0.15) is 0 Å². The van der Waals surface area contributed by atoms with Gasteiger partial charge >= 0.3 is 6.09 Å². The van der Waals surface area contributed by atoms with Gasteiger partial charge < -0.3 is 14.2 Å². The first kappa shape index (κ1) is 13.3. The first-order valence-corrected chi connectivity index (χ1v) is 5.56. The summed E-state index contributed by atoms with van der Waals surface area (Å²) in [5.41, 5.74) is -0.499. The van der Waals surface area contributed by atoms with Crippen LogP contribution in [0.2, 0.25) is 0 Å². The van der Waals surface area contributed by atoms with Gasteiger partial charge in [0.15, 0.2) is 6.23 Å². The SMILES string of the molecule is CO[C@@H]1CCCO[C@H]1NC(=O)OC(C)(C)C. The van der Waals surface area contributed by atoms with Crippen LogP contribution in [0.1, 0.15) is 33.6 Å². The highest BCUT2D eigenvalue weighted by Gasteiger charge is 2.28. The average molecular weight is 231 g/mol. The van der Waals surface area contributed by atoms with Gasteiger partial charge in [-0.1, -0.05) is 0 Å². The molecule has 94 valence electrons. The first-order valence-electron chi connectivity index (χ1n) is 5.56. The molecule has 0 aromatic carbocycles. The van der Waals surface area contributed by atoms with Crippen LogP contribution in [0.4, 0.5) is 4.79 Å². The molecule has 1 aliphatic rings. The second-order valence-corrected chi connectivity index (χ2v) is 4.85. The summed E-state index contributed by atoms with van der Waals surface area (Å²) in [4.78, 5) is 11.5. The first-order chi connectivity index (χ1) is 7.42. The molecular weight excluding hydrogens is 210 g/mol. The van der Waals surface area contributed by atoms with Gasteiger partial charge in [0.1, 0.15) is 11.7 Å². The van der Waals surface area contributed by atoms with Gasteiger partial charge in [-0.25, -0.2) is 4.79 Å². The van der Waals surface area contributed by atoms with Crippen LogP contribution in [0.5, 0.6) is 0 Å². The van der Waals surface area contributed by atoms with Crippen molar-refractivity contribution < 1.29 is 19.0 Å². The topological polar surface area (TPSA) is 56.8 Å². The lowest BCUT2D eigenvalue weighted by atomic mass is 10.1. The van der Waals surface area contributed by atoms with Crippen molar-refractivity contribution in [2.45, 2.75) is 51.5 Å². The molecule has 5 heteroatoms. The Balaban J connectivity index is 2.42. The van der Waals surface area contributed by atoms with Crippen LogP contribution in [-0.4, -0.2) is 37.7 Å². The molecule has 0 bridgehead atoms. The number of alkyl carbamates (subject to hydrolysis) is 1. The number of hydrogen-bond donors (Lipinski definition) is 1. The number of rotatable bonds is 2. The Kier molecular flexibility index (Phi) is 4.56. The van der Waals surface area contributed by atoms with E-state index in [1.54, 1.807) is 7.11 Å². The van der Waals surface area contributed by atoms with Gasteiger partial charge in [-0.15, -0.1) is 0 Å². The zero-order valence-electron chi connectivity index (χ0n) is 10.4. The van der Waals surface area contributed by atoms with Gasteiger partial charge in [0.05, 0.1) is 0 Å². The second-order valence-electron chi connectivity index (χ2n) is 4.85. The summed E-state index contributed by atoms with van der Waals surface area (Å²) in [5.74, 6) is 0. The summed E-state index contributed by atoms with van der Waals surface area (Å²) >= 11 is 0. The van der Waals surface area contributed by atoms with Gasteiger partial charge in [-0.05, 0) is 33.6 Å². The Labute approximate surface area is 96.4 Å². The van der Waals surface area contributed by atoms with E-state index in [9.17, 15) is 4.79 Å². The highest BCUT2D eigenvalue weighted by Crippen LogP contribution is 2.15. The number of carbonyl (C=O) groups excluding carboxylic acids is 1. The highest BCUT2D eigenvalue weighted by molar-refractivity contribution is 5.67. The minimum atomic E-state index is -0.499. The van der Waals surface area contributed by atoms with Crippen molar-refractivity contribution >= 4 is 6.09 Å². The molecule has 0 aromatic heterocycles. The number of methoxy groups -OCH3 is 1. The molecule has 2 atom stereocenters. The normalized spacial score (nSPS) is 26.2. The van der Waals surface area contributed by atoms with Crippen molar-refractivity contribution in [1.82, 2.24) is 5.32 Å². The molecule has 5 nitrogen and oxygen atoms in total. The van der Waals surface area contributed by atoms with Crippen molar-refractivity contribution in [1.29, 1.82) is 0 Å². The largest absolute Gasteiger partial charge is 0.444 e. The quantitative estimate of drug-likeness (QED) is 0.785. The average Bonchev–Trinajstić information content (AvgIpc) is 2.15. The lowest BCUT2D eigenvalue weighted by Crippen LogP contribution is -2.49. The zero-order chi connectivity index (χ0) is 12.2. The maximum atomic E-state index is 11.5. The number of amides is 1. The van der Waals surface area contributed by atoms with Crippen LogP contribution in [-0.2, 0) is 14.2 Å². The molecule has 0 saturated carbocycles. The van der Waals surface area contributed by atoms with E-state index >= 15 is 0 Å². The van der Waals surface area contributed by atoms with E-state index in [0.717, 1.165) is 12.8 Å². The van der Waals surface area contributed by atoms with Crippen molar-refractivity contribution in [3.63, 3.8) is 0 Å². The summed E-state index contributed by atoms with van der Waals surface area (Å²) in [6, 6.07) is 0. The summed E-state index contributed by atoms with van der Waals surface area (Å²) in [5, 5.41) is 2.67. The van der Waals surface area contributed by atoms with E-state index < -0.39 is 17.9 Å². The monoisotopic (exact) mass is 231 g/mol. The molecule has 0 aliphatic carbocycles. The Bertz CT molecular complexity index is 237. The summed E-state index contributed by atoms with van der Waals surface area (Å²) in [7, 11) is 1.61. The maximum absolute atomic E-state index is 11.5. The summed E-state index contributed by atoms with van der Waals surface area (Å²) in [6.45, 7) is 6.10. The molecule has 1 rings (SSSR count). The predicted molar refractivity (Wildman–Crippen MR) is 59.1 cm³/mol. The van der Waals surface area contributed by atoms with Crippen LogP contribution < -0.4 is 5.32 Å². The maximum Gasteiger partial charge on any atom is 0.409 e. The summed E-state index contributed by atoms with van der Waals surface area (Å²) < 4.78 is 15.8. The van der Waals surface area contributed by atoms with Crippen molar-refractivity contribution in [3.05, 3.63) is 0 Å². The Hall–Kier alpha value is -0.810. The molecule has 0 radical (unpaired) electrons. The molecular formula is C11H21NO4. The van der Waals surface area contributed by atoms with Gasteiger partial charge in [-0.3, -0.25) is 5.32 Å². The number of nitrogens with one attached hydrogen (secondary N) is 1. The minimum Gasteiger partial charge on any atom is -0.444 e. The number of hydrogen-bond acceptors (Lipinski definition) is 4. The second kappa shape index (κ2) is 5.50. The van der Waals surface area contributed by atoms with E-state index in [2.05, 4.69) is 5.32 Å². The molecule has 0 aromatic rings. The van der Waals surface area contributed by atoms with Gasteiger partial charge in [0.25, 0.3) is 0 Å². The molecule has 1 aliphatic heterocycles. The number of carbonyl (C=O) groups is 1. The van der Waals surface area contributed by atoms with Crippen molar-refractivity contribution in [2.75, 3.05) is 13.7 Å². The standard InChI is InChI=1S/C11H21NO4/c1-11(2,3)16-10(13)12-9-8(14-4)6-5-7-15-9/h8-9H,5-7H2,1-4H3,(H,12,13)/t8-,9-/m1/s1. The zero-order valence-corrected chi connectivity index (χ0v) is 10.4. The molecule has 1 N–H and O–H groups in total. The lowest BCUT2D eigenvalue weighted by molar-refractivity contribution is -0.105. The molecule has 0 unspecified atom stereocenters. The van der Waals surface area contributed by atoms with Crippen molar-refractivity contribution in [2.24, 2.45) is 0 Å². The van der Waals surface area contributed by atoms with Crippen molar-refractivity contribution in [3.8, 4) is 0 Å². The third kappa shape index (κ3) is 4.37. The highest BCUT2D eigenvalue weighted by atomic mass is 16.6. The van der Waals surface area contributed by atoms with E-state index in [-0.39, 0.29) is 6.10 Å². The van der Waals surface area contributed by atoms with Crippen LogP contribution in [0.3, 0.4) is 0 Å². The lowest BCUT2D eigenvalue weighted by Gasteiger charge is -2.31. The van der Waals surface area contributed by atoms with E-state index in [4.69, 9.17) is 14.2 Å². The van der Waals surface area contributed by atoms with Gasteiger partial charge in [0.2, 0.25) is 0 Å². The van der Waals surface area contributed by atoms with E-state index in [0.29, 0.717) is 6.61 Å². The molecule has 0 spiro atoms. The molecule has 1 amide bonds. The summed E-state index contributed by atoms with van der Waals surface area (Å²) in [6.07, 6.45) is 0.860. The van der Waals surface area contributed by atoms with Crippen LogP contribution >= 0.6 is 0 Å².